The van der Waals surface area contributed by atoms with Crippen LogP contribution in [0.1, 0.15) is 24.9 Å². The summed E-state index contributed by atoms with van der Waals surface area (Å²) in [5.74, 6) is 5.47. The van der Waals surface area contributed by atoms with Gasteiger partial charge in [0, 0.05) is 16.7 Å². The standard InChI is InChI=1S/C11H16Cl2N2O/c1-2-5-16-7-11(15-14)9-6-8(12)3-4-10(9)13/h3-4,6,11,15H,2,5,7,14H2,1H3. The molecule has 0 saturated heterocycles. The van der Waals surface area contributed by atoms with Crippen molar-refractivity contribution in [1.82, 2.24) is 5.43 Å². The lowest BCUT2D eigenvalue weighted by molar-refractivity contribution is 0.112. The van der Waals surface area contributed by atoms with Crippen molar-refractivity contribution in [2.45, 2.75) is 19.4 Å². The predicted octanol–water partition coefficient (Wildman–Crippen LogP) is 2.92. The van der Waals surface area contributed by atoms with Gasteiger partial charge in [0.1, 0.15) is 0 Å². The fourth-order valence-electron chi connectivity index (χ4n) is 1.35. The lowest BCUT2D eigenvalue weighted by atomic mass is 10.1. The summed E-state index contributed by atoms with van der Waals surface area (Å²) in [5, 5.41) is 1.27. The Hall–Kier alpha value is -0.320. The van der Waals surface area contributed by atoms with Crippen molar-refractivity contribution in [3.8, 4) is 0 Å². The highest BCUT2D eigenvalue weighted by atomic mass is 35.5. The second kappa shape index (κ2) is 7.09. The van der Waals surface area contributed by atoms with E-state index in [0.717, 1.165) is 12.0 Å². The molecule has 0 amide bonds. The molecular formula is C11H16Cl2N2O. The monoisotopic (exact) mass is 262 g/mol. The first-order valence-electron chi connectivity index (χ1n) is 5.17. The van der Waals surface area contributed by atoms with Gasteiger partial charge in [0.2, 0.25) is 0 Å². The maximum Gasteiger partial charge on any atom is 0.0708 e. The van der Waals surface area contributed by atoms with Gasteiger partial charge in [-0.25, -0.2) is 0 Å². The van der Waals surface area contributed by atoms with E-state index in [1.54, 1.807) is 18.2 Å². The molecule has 0 aromatic heterocycles. The summed E-state index contributed by atoms with van der Waals surface area (Å²) < 4.78 is 5.44. The molecule has 1 aromatic rings. The van der Waals surface area contributed by atoms with E-state index in [2.05, 4.69) is 12.3 Å². The van der Waals surface area contributed by atoms with Gasteiger partial charge in [0.15, 0.2) is 0 Å². The zero-order chi connectivity index (χ0) is 12.0. The minimum Gasteiger partial charge on any atom is -0.379 e. The first-order valence-corrected chi connectivity index (χ1v) is 5.93. The van der Waals surface area contributed by atoms with Crippen molar-refractivity contribution >= 4 is 23.2 Å². The van der Waals surface area contributed by atoms with Gasteiger partial charge in [-0.15, -0.1) is 0 Å². The summed E-state index contributed by atoms with van der Waals surface area (Å²) in [6, 6.07) is 5.15. The fraction of sp³-hybridized carbons (Fsp3) is 0.455. The molecule has 3 N–H and O–H groups in total. The molecule has 16 heavy (non-hydrogen) atoms. The van der Waals surface area contributed by atoms with Gasteiger partial charge in [0.25, 0.3) is 0 Å². The third kappa shape index (κ3) is 3.92. The van der Waals surface area contributed by atoms with Crippen molar-refractivity contribution in [2.75, 3.05) is 13.2 Å². The van der Waals surface area contributed by atoms with Crippen LogP contribution in [0.2, 0.25) is 10.0 Å². The molecular weight excluding hydrogens is 247 g/mol. The Bertz CT molecular complexity index is 334. The van der Waals surface area contributed by atoms with Gasteiger partial charge in [0.05, 0.1) is 12.6 Å². The number of ether oxygens (including phenoxy) is 1. The number of hydrazine groups is 1. The molecule has 0 fully saturated rings. The highest BCUT2D eigenvalue weighted by molar-refractivity contribution is 6.33. The number of nitrogens with one attached hydrogen (secondary N) is 1. The van der Waals surface area contributed by atoms with Crippen LogP contribution < -0.4 is 11.3 Å². The molecule has 0 aliphatic carbocycles. The predicted molar refractivity (Wildman–Crippen MR) is 67.6 cm³/mol. The maximum atomic E-state index is 6.07. The zero-order valence-corrected chi connectivity index (χ0v) is 10.7. The van der Waals surface area contributed by atoms with Crippen LogP contribution in [0.15, 0.2) is 18.2 Å². The van der Waals surface area contributed by atoms with E-state index >= 15 is 0 Å². The molecule has 3 nitrogen and oxygen atoms in total. The third-order valence-electron chi connectivity index (χ3n) is 2.17. The molecule has 0 aliphatic rings. The van der Waals surface area contributed by atoms with Gasteiger partial charge < -0.3 is 4.74 Å². The number of hydrogen-bond acceptors (Lipinski definition) is 3. The van der Waals surface area contributed by atoms with Crippen molar-refractivity contribution in [3.05, 3.63) is 33.8 Å². The SMILES string of the molecule is CCCOCC(NN)c1cc(Cl)ccc1Cl. The molecule has 1 atom stereocenters. The second-order valence-electron chi connectivity index (χ2n) is 3.46. The van der Waals surface area contributed by atoms with E-state index in [-0.39, 0.29) is 6.04 Å². The van der Waals surface area contributed by atoms with E-state index in [1.807, 2.05) is 0 Å². The van der Waals surface area contributed by atoms with Crippen molar-refractivity contribution in [1.29, 1.82) is 0 Å². The lowest BCUT2D eigenvalue weighted by Crippen LogP contribution is -2.31. The highest BCUT2D eigenvalue weighted by Crippen LogP contribution is 2.26. The summed E-state index contributed by atoms with van der Waals surface area (Å²) in [5.41, 5.74) is 3.53. The molecule has 1 aromatic carbocycles. The maximum absolute atomic E-state index is 6.07. The van der Waals surface area contributed by atoms with Gasteiger partial charge in [-0.1, -0.05) is 30.1 Å². The molecule has 0 spiro atoms. The number of hydrogen-bond donors (Lipinski definition) is 2. The van der Waals surface area contributed by atoms with Crippen molar-refractivity contribution in [2.24, 2.45) is 5.84 Å². The Morgan fingerprint density at radius 2 is 2.19 bits per heavy atom. The molecule has 0 heterocycles. The van der Waals surface area contributed by atoms with E-state index in [0.29, 0.717) is 23.3 Å². The first-order chi connectivity index (χ1) is 7.69. The van der Waals surface area contributed by atoms with Crippen LogP contribution in [0.25, 0.3) is 0 Å². The Morgan fingerprint density at radius 3 is 2.81 bits per heavy atom. The molecule has 0 saturated carbocycles. The van der Waals surface area contributed by atoms with E-state index in [1.165, 1.54) is 0 Å². The van der Waals surface area contributed by atoms with E-state index in [4.69, 9.17) is 33.8 Å². The Balaban J connectivity index is 2.73. The van der Waals surface area contributed by atoms with E-state index in [9.17, 15) is 0 Å². The summed E-state index contributed by atoms with van der Waals surface area (Å²) in [6.45, 7) is 3.23. The van der Waals surface area contributed by atoms with Crippen LogP contribution in [-0.4, -0.2) is 13.2 Å². The summed E-state index contributed by atoms with van der Waals surface area (Å²) in [6.07, 6.45) is 0.973. The lowest BCUT2D eigenvalue weighted by Gasteiger charge is -2.17. The molecule has 5 heteroatoms. The van der Waals surface area contributed by atoms with Crippen LogP contribution in [0, 0.1) is 0 Å². The van der Waals surface area contributed by atoms with Gasteiger partial charge in [-0.05, 0) is 30.2 Å². The average Bonchev–Trinajstić information content (AvgIpc) is 2.28. The Morgan fingerprint density at radius 1 is 1.44 bits per heavy atom. The minimum atomic E-state index is -0.141. The molecule has 0 radical (unpaired) electrons. The first kappa shape index (κ1) is 13.7. The van der Waals surface area contributed by atoms with Gasteiger partial charge >= 0.3 is 0 Å². The zero-order valence-electron chi connectivity index (χ0n) is 9.17. The van der Waals surface area contributed by atoms with E-state index < -0.39 is 0 Å². The normalized spacial score (nSPS) is 12.8. The fourth-order valence-corrected chi connectivity index (χ4v) is 1.78. The highest BCUT2D eigenvalue weighted by Gasteiger charge is 2.13. The number of halogens is 2. The van der Waals surface area contributed by atoms with Crippen LogP contribution in [0.3, 0.4) is 0 Å². The molecule has 1 rings (SSSR count). The average molecular weight is 263 g/mol. The van der Waals surface area contributed by atoms with Crippen molar-refractivity contribution in [3.63, 3.8) is 0 Å². The molecule has 0 aliphatic heterocycles. The summed E-state index contributed by atoms with van der Waals surface area (Å²) >= 11 is 12.0. The quantitative estimate of drug-likeness (QED) is 0.471. The smallest absolute Gasteiger partial charge is 0.0708 e. The molecule has 90 valence electrons. The summed E-state index contributed by atoms with van der Waals surface area (Å²) in [7, 11) is 0. The second-order valence-corrected chi connectivity index (χ2v) is 4.30. The van der Waals surface area contributed by atoms with Crippen LogP contribution in [0.4, 0.5) is 0 Å². The number of nitrogens with two attached hydrogens (primary N) is 1. The number of benzene rings is 1. The Labute approximate surface area is 106 Å². The topological polar surface area (TPSA) is 47.3 Å². The van der Waals surface area contributed by atoms with Gasteiger partial charge in [-0.2, -0.15) is 0 Å². The molecule has 1 unspecified atom stereocenters. The third-order valence-corrected chi connectivity index (χ3v) is 2.75. The van der Waals surface area contributed by atoms with Crippen LogP contribution in [-0.2, 0) is 4.74 Å². The Kier molecular flexibility index (Phi) is 6.09. The summed E-state index contributed by atoms with van der Waals surface area (Å²) in [4.78, 5) is 0. The van der Waals surface area contributed by atoms with Crippen LogP contribution >= 0.6 is 23.2 Å². The number of rotatable bonds is 6. The largest absolute Gasteiger partial charge is 0.379 e. The molecule has 0 bridgehead atoms. The van der Waals surface area contributed by atoms with Crippen LogP contribution in [0.5, 0.6) is 0 Å². The van der Waals surface area contributed by atoms with Crippen molar-refractivity contribution < 1.29 is 4.74 Å². The van der Waals surface area contributed by atoms with Gasteiger partial charge in [-0.3, -0.25) is 11.3 Å². The minimum absolute atomic E-state index is 0.141.